The second kappa shape index (κ2) is 5.41. The van der Waals surface area contributed by atoms with Gasteiger partial charge < -0.3 is 15.4 Å². The lowest BCUT2D eigenvalue weighted by Crippen LogP contribution is -2.47. The van der Waals surface area contributed by atoms with Crippen LogP contribution in [0.25, 0.3) is 0 Å². The number of carbonyl (C=O) groups is 1. The largest absolute Gasteiger partial charge is 0.364 e. The van der Waals surface area contributed by atoms with E-state index in [1.165, 1.54) is 32.1 Å². The average molecular weight is 266 g/mol. The van der Waals surface area contributed by atoms with Crippen molar-refractivity contribution < 1.29 is 9.53 Å². The summed E-state index contributed by atoms with van der Waals surface area (Å²) in [7, 11) is 0. The summed E-state index contributed by atoms with van der Waals surface area (Å²) >= 11 is 0. The highest BCUT2D eigenvalue weighted by atomic mass is 16.5. The Labute approximate surface area is 115 Å². The zero-order chi connectivity index (χ0) is 13.4. The second-order valence-electron chi connectivity index (χ2n) is 6.50. The zero-order valence-corrected chi connectivity index (χ0v) is 11.9. The van der Waals surface area contributed by atoms with Gasteiger partial charge in [0, 0.05) is 18.6 Å². The zero-order valence-electron chi connectivity index (χ0n) is 11.9. The first-order chi connectivity index (χ1) is 9.20. The van der Waals surface area contributed by atoms with Crippen molar-refractivity contribution in [3.8, 4) is 0 Å². The third kappa shape index (κ3) is 2.40. The Morgan fingerprint density at radius 2 is 2.05 bits per heavy atom. The van der Waals surface area contributed by atoms with Gasteiger partial charge in [0.05, 0.1) is 6.10 Å². The number of hydrogen-bond acceptors (Lipinski definition) is 3. The van der Waals surface area contributed by atoms with Gasteiger partial charge in [-0.3, -0.25) is 4.79 Å². The summed E-state index contributed by atoms with van der Waals surface area (Å²) in [5, 5.41) is 0. The number of amides is 1. The molecule has 2 heterocycles. The normalized spacial score (nSPS) is 42.4. The van der Waals surface area contributed by atoms with Crippen molar-refractivity contribution in [1.82, 2.24) is 4.90 Å². The number of rotatable bonds is 2. The second-order valence-corrected chi connectivity index (χ2v) is 6.50. The quantitative estimate of drug-likeness (QED) is 0.827. The number of ether oxygens (including phenoxy) is 1. The van der Waals surface area contributed by atoms with E-state index in [1.807, 2.05) is 0 Å². The highest BCUT2D eigenvalue weighted by Gasteiger charge is 2.45. The van der Waals surface area contributed by atoms with E-state index in [4.69, 9.17) is 10.5 Å². The number of nitrogens with two attached hydrogens (primary N) is 1. The fraction of sp³-hybridized carbons (Fsp3) is 0.933. The van der Waals surface area contributed by atoms with Crippen LogP contribution in [0.1, 0.15) is 51.9 Å². The number of hydrogen-bond donors (Lipinski definition) is 1. The lowest BCUT2D eigenvalue weighted by molar-refractivity contribution is -0.146. The molecule has 4 heteroatoms. The highest BCUT2D eigenvalue weighted by Crippen LogP contribution is 2.40. The molecule has 1 saturated carbocycles. The topological polar surface area (TPSA) is 55.6 Å². The molecule has 0 spiro atoms. The van der Waals surface area contributed by atoms with E-state index in [-0.39, 0.29) is 18.1 Å². The smallest absolute Gasteiger partial charge is 0.252 e. The van der Waals surface area contributed by atoms with E-state index in [2.05, 4.69) is 11.8 Å². The molecular formula is C15H26N2O2. The third-order valence-electron chi connectivity index (χ3n) is 5.25. The fourth-order valence-electron chi connectivity index (χ4n) is 4.32. The number of nitrogens with zero attached hydrogens (tertiary/aromatic N) is 1. The Morgan fingerprint density at radius 3 is 2.79 bits per heavy atom. The van der Waals surface area contributed by atoms with Gasteiger partial charge in [-0.2, -0.15) is 0 Å². The number of carbonyl (C=O) groups excluding carboxylic acids is 1. The van der Waals surface area contributed by atoms with Gasteiger partial charge in [-0.1, -0.05) is 12.8 Å². The standard InChI is InChI=1S/C15H26N2O2/c1-10-8-11-4-2-3-5-13(11)17(10)15(18)14-7-6-12(9-16)19-14/h10-14H,2-9,16H2,1H3/t10?,11?,12-,13?,14+/m1/s1. The van der Waals surface area contributed by atoms with Crippen molar-refractivity contribution in [3.63, 3.8) is 0 Å². The predicted molar refractivity (Wildman–Crippen MR) is 73.6 cm³/mol. The first kappa shape index (κ1) is 13.4. The third-order valence-corrected chi connectivity index (χ3v) is 5.25. The van der Waals surface area contributed by atoms with Crippen molar-refractivity contribution >= 4 is 5.91 Å². The summed E-state index contributed by atoms with van der Waals surface area (Å²) in [5.41, 5.74) is 5.63. The fourth-order valence-corrected chi connectivity index (χ4v) is 4.32. The minimum absolute atomic E-state index is 0.0917. The van der Waals surface area contributed by atoms with E-state index in [1.54, 1.807) is 0 Å². The van der Waals surface area contributed by atoms with Crippen LogP contribution >= 0.6 is 0 Å². The Hall–Kier alpha value is -0.610. The van der Waals surface area contributed by atoms with Crippen molar-refractivity contribution in [2.75, 3.05) is 6.54 Å². The molecule has 0 aromatic carbocycles. The summed E-state index contributed by atoms with van der Waals surface area (Å²) in [4.78, 5) is 14.9. The summed E-state index contributed by atoms with van der Waals surface area (Å²) in [5.74, 6) is 0.970. The number of fused-ring (bicyclic) bond motifs is 1. The summed E-state index contributed by atoms with van der Waals surface area (Å²) in [6.07, 6.45) is 7.93. The molecule has 4 nitrogen and oxygen atoms in total. The Balaban J connectivity index is 1.68. The lowest BCUT2D eigenvalue weighted by atomic mass is 9.85. The van der Waals surface area contributed by atoms with Gasteiger partial charge in [0.1, 0.15) is 6.10 Å². The first-order valence-corrected chi connectivity index (χ1v) is 7.88. The van der Waals surface area contributed by atoms with Crippen LogP contribution in [0.2, 0.25) is 0 Å². The maximum atomic E-state index is 12.7. The molecule has 1 aliphatic carbocycles. The molecule has 2 aliphatic heterocycles. The highest BCUT2D eigenvalue weighted by molar-refractivity contribution is 5.82. The molecule has 108 valence electrons. The molecule has 2 saturated heterocycles. The van der Waals surface area contributed by atoms with E-state index in [0.717, 1.165) is 18.8 Å². The molecule has 3 aliphatic rings. The van der Waals surface area contributed by atoms with Crippen LogP contribution in [0.5, 0.6) is 0 Å². The molecule has 0 radical (unpaired) electrons. The van der Waals surface area contributed by atoms with Crippen LogP contribution in [0.3, 0.4) is 0 Å². The van der Waals surface area contributed by atoms with Crippen LogP contribution < -0.4 is 5.73 Å². The summed E-state index contributed by atoms with van der Waals surface area (Å²) < 4.78 is 5.80. The summed E-state index contributed by atoms with van der Waals surface area (Å²) in [6, 6.07) is 0.873. The molecule has 3 fully saturated rings. The van der Waals surface area contributed by atoms with Gasteiger partial charge in [-0.25, -0.2) is 0 Å². The molecular weight excluding hydrogens is 240 g/mol. The first-order valence-electron chi connectivity index (χ1n) is 7.88. The monoisotopic (exact) mass is 266 g/mol. The maximum Gasteiger partial charge on any atom is 0.252 e. The van der Waals surface area contributed by atoms with Gasteiger partial charge >= 0.3 is 0 Å². The van der Waals surface area contributed by atoms with Gasteiger partial charge in [-0.05, 0) is 44.9 Å². The molecule has 1 amide bonds. The van der Waals surface area contributed by atoms with Gasteiger partial charge in [0.25, 0.3) is 5.91 Å². The molecule has 0 aromatic heterocycles. The van der Waals surface area contributed by atoms with Crippen LogP contribution in [-0.4, -0.2) is 41.6 Å². The lowest BCUT2D eigenvalue weighted by Gasteiger charge is -2.34. The molecule has 0 bridgehead atoms. The van der Waals surface area contributed by atoms with Crippen molar-refractivity contribution in [1.29, 1.82) is 0 Å². The molecule has 2 N–H and O–H groups in total. The average Bonchev–Trinajstić information content (AvgIpc) is 3.01. The Kier molecular flexibility index (Phi) is 3.81. The molecule has 3 unspecified atom stereocenters. The summed E-state index contributed by atoms with van der Waals surface area (Å²) in [6.45, 7) is 2.73. The molecule has 5 atom stereocenters. The van der Waals surface area contributed by atoms with Crippen molar-refractivity contribution in [2.45, 2.75) is 76.2 Å². The molecule has 3 rings (SSSR count). The number of likely N-dealkylation sites (tertiary alicyclic amines) is 1. The van der Waals surface area contributed by atoms with Crippen molar-refractivity contribution in [2.24, 2.45) is 11.7 Å². The van der Waals surface area contributed by atoms with E-state index < -0.39 is 0 Å². The van der Waals surface area contributed by atoms with E-state index in [0.29, 0.717) is 18.6 Å². The predicted octanol–water partition coefficient (Wildman–Crippen LogP) is 1.67. The van der Waals surface area contributed by atoms with Gasteiger partial charge in [0.2, 0.25) is 0 Å². The van der Waals surface area contributed by atoms with Crippen molar-refractivity contribution in [3.05, 3.63) is 0 Å². The van der Waals surface area contributed by atoms with Gasteiger partial charge in [-0.15, -0.1) is 0 Å². The van der Waals surface area contributed by atoms with E-state index >= 15 is 0 Å². The van der Waals surface area contributed by atoms with Gasteiger partial charge in [0.15, 0.2) is 0 Å². The Morgan fingerprint density at radius 1 is 1.26 bits per heavy atom. The molecule has 19 heavy (non-hydrogen) atoms. The molecule has 0 aromatic rings. The minimum atomic E-state index is -0.225. The van der Waals surface area contributed by atoms with E-state index in [9.17, 15) is 4.79 Å². The Bertz CT molecular complexity index is 347. The SMILES string of the molecule is CC1CC2CCCCC2N1C(=O)[C@@H]1CC[C@H](CN)O1. The van der Waals surface area contributed by atoms with Crippen LogP contribution in [0.4, 0.5) is 0 Å². The van der Waals surface area contributed by atoms with Crippen LogP contribution in [-0.2, 0) is 9.53 Å². The van der Waals surface area contributed by atoms with Crippen LogP contribution in [0, 0.1) is 5.92 Å². The maximum absolute atomic E-state index is 12.7. The minimum Gasteiger partial charge on any atom is -0.364 e. The van der Waals surface area contributed by atoms with Crippen LogP contribution in [0.15, 0.2) is 0 Å².